The van der Waals surface area contributed by atoms with Crippen molar-refractivity contribution >= 4 is 5.97 Å². The molecule has 1 rings (SSSR count). The Kier molecular flexibility index (Phi) is 4.90. The Balaban J connectivity index is 2.31. The average Bonchev–Trinajstić information content (AvgIpc) is 2.30. The van der Waals surface area contributed by atoms with Crippen LogP contribution in [0.25, 0.3) is 0 Å². The Morgan fingerprint density at radius 3 is 3.14 bits per heavy atom. The number of likely N-dealkylation sites (N-methyl/N-ethyl adjacent to an activating group) is 1. The molecule has 0 N–H and O–H groups in total. The van der Waals surface area contributed by atoms with E-state index in [0.29, 0.717) is 18.9 Å². The van der Waals surface area contributed by atoms with E-state index >= 15 is 0 Å². The highest BCUT2D eigenvalue weighted by molar-refractivity contribution is 5.69. The number of esters is 1. The van der Waals surface area contributed by atoms with Gasteiger partial charge in [0.1, 0.15) is 0 Å². The van der Waals surface area contributed by atoms with Crippen molar-refractivity contribution in [3.63, 3.8) is 0 Å². The summed E-state index contributed by atoms with van der Waals surface area (Å²) in [6.07, 6.45) is 0.502. The zero-order chi connectivity index (χ0) is 10.4. The maximum atomic E-state index is 11.2. The second-order valence-corrected chi connectivity index (χ2v) is 3.77. The van der Waals surface area contributed by atoms with Crippen LogP contribution in [0.5, 0.6) is 0 Å². The molecular formula is C10H19N2O2. The zero-order valence-electron chi connectivity index (χ0n) is 9.03. The van der Waals surface area contributed by atoms with E-state index in [1.165, 1.54) is 0 Å². The molecule has 81 valence electrons. The molecule has 0 aliphatic carbocycles. The van der Waals surface area contributed by atoms with Gasteiger partial charge in [-0.15, -0.1) is 0 Å². The molecule has 1 heterocycles. The fourth-order valence-corrected chi connectivity index (χ4v) is 1.69. The maximum Gasteiger partial charge on any atom is 0.306 e. The fraction of sp³-hybridized carbons (Fsp3) is 0.900. The molecule has 0 aromatic carbocycles. The molecule has 0 aromatic heterocycles. The molecule has 14 heavy (non-hydrogen) atoms. The normalized spacial score (nSPS) is 24.3. The van der Waals surface area contributed by atoms with Gasteiger partial charge in [-0.1, -0.05) is 0 Å². The van der Waals surface area contributed by atoms with E-state index in [-0.39, 0.29) is 5.97 Å². The fourth-order valence-electron chi connectivity index (χ4n) is 1.69. The number of hydrogen-bond donors (Lipinski definition) is 0. The molecule has 1 unspecified atom stereocenters. The Bertz CT molecular complexity index is 185. The number of rotatable bonds is 3. The summed E-state index contributed by atoms with van der Waals surface area (Å²) in [7, 11) is 2.07. The predicted molar refractivity (Wildman–Crippen MR) is 54.1 cm³/mol. The van der Waals surface area contributed by atoms with Crippen LogP contribution in [0.2, 0.25) is 0 Å². The van der Waals surface area contributed by atoms with Crippen LogP contribution >= 0.6 is 0 Å². The largest absolute Gasteiger partial charge is 0.466 e. The molecule has 1 aliphatic rings. The minimum Gasteiger partial charge on any atom is -0.466 e. The summed E-state index contributed by atoms with van der Waals surface area (Å²) in [5, 5.41) is 4.37. The van der Waals surface area contributed by atoms with Crippen molar-refractivity contribution in [1.82, 2.24) is 10.2 Å². The first-order valence-electron chi connectivity index (χ1n) is 5.19. The van der Waals surface area contributed by atoms with Crippen molar-refractivity contribution in [1.29, 1.82) is 0 Å². The molecule has 4 nitrogen and oxygen atoms in total. The molecule has 0 spiro atoms. The van der Waals surface area contributed by atoms with Crippen LogP contribution in [0.15, 0.2) is 0 Å². The van der Waals surface area contributed by atoms with Gasteiger partial charge in [0.05, 0.1) is 13.0 Å². The van der Waals surface area contributed by atoms with Crippen molar-refractivity contribution in [2.45, 2.75) is 13.3 Å². The van der Waals surface area contributed by atoms with E-state index in [0.717, 1.165) is 26.2 Å². The standard InChI is InChI=1S/C10H19N2O2/c1-3-14-10(13)6-9-7-11-4-5-12(2)8-9/h9H,3-8H2,1-2H3. The third kappa shape index (κ3) is 4.07. The van der Waals surface area contributed by atoms with Gasteiger partial charge in [0.25, 0.3) is 0 Å². The van der Waals surface area contributed by atoms with E-state index in [9.17, 15) is 4.79 Å². The smallest absolute Gasteiger partial charge is 0.306 e. The SMILES string of the molecule is CCOC(=O)CC1C[N]CCN(C)C1. The van der Waals surface area contributed by atoms with Gasteiger partial charge in [-0.25, -0.2) is 5.32 Å². The van der Waals surface area contributed by atoms with Crippen LogP contribution < -0.4 is 5.32 Å². The van der Waals surface area contributed by atoms with Gasteiger partial charge in [-0.05, 0) is 19.9 Å². The summed E-state index contributed by atoms with van der Waals surface area (Å²) in [5.41, 5.74) is 0. The highest BCUT2D eigenvalue weighted by atomic mass is 16.5. The van der Waals surface area contributed by atoms with E-state index in [2.05, 4.69) is 17.3 Å². The molecule has 4 heteroatoms. The molecule has 1 radical (unpaired) electrons. The molecule has 0 amide bonds. The minimum atomic E-state index is -0.0944. The van der Waals surface area contributed by atoms with Crippen molar-refractivity contribution in [3.05, 3.63) is 0 Å². The Morgan fingerprint density at radius 1 is 1.64 bits per heavy atom. The van der Waals surface area contributed by atoms with Gasteiger partial charge in [-0.3, -0.25) is 4.79 Å². The van der Waals surface area contributed by atoms with E-state index < -0.39 is 0 Å². The highest BCUT2D eigenvalue weighted by Gasteiger charge is 2.19. The minimum absolute atomic E-state index is 0.0944. The summed E-state index contributed by atoms with van der Waals surface area (Å²) < 4.78 is 4.92. The number of carbonyl (C=O) groups is 1. The monoisotopic (exact) mass is 199 g/mol. The quantitative estimate of drug-likeness (QED) is 0.606. The van der Waals surface area contributed by atoms with Crippen LogP contribution in [-0.2, 0) is 9.53 Å². The van der Waals surface area contributed by atoms with Crippen molar-refractivity contribution in [2.75, 3.05) is 39.8 Å². The lowest BCUT2D eigenvalue weighted by molar-refractivity contribution is -0.144. The van der Waals surface area contributed by atoms with Gasteiger partial charge in [0.15, 0.2) is 0 Å². The lowest BCUT2D eigenvalue weighted by Gasteiger charge is -2.18. The summed E-state index contributed by atoms with van der Waals surface area (Å²) in [6, 6.07) is 0. The van der Waals surface area contributed by atoms with Gasteiger partial charge in [-0.2, -0.15) is 0 Å². The van der Waals surface area contributed by atoms with Gasteiger partial charge >= 0.3 is 5.97 Å². The van der Waals surface area contributed by atoms with Crippen LogP contribution in [0.1, 0.15) is 13.3 Å². The van der Waals surface area contributed by atoms with E-state index in [4.69, 9.17) is 4.74 Å². The molecule has 1 atom stereocenters. The van der Waals surface area contributed by atoms with Gasteiger partial charge in [0, 0.05) is 26.2 Å². The molecular weight excluding hydrogens is 180 g/mol. The first kappa shape index (κ1) is 11.5. The predicted octanol–water partition coefficient (Wildman–Crippen LogP) is 0.106. The first-order chi connectivity index (χ1) is 6.72. The molecule has 1 fully saturated rings. The summed E-state index contributed by atoms with van der Waals surface area (Å²) in [6.45, 7) is 5.93. The number of ether oxygens (including phenoxy) is 1. The van der Waals surface area contributed by atoms with Crippen molar-refractivity contribution in [2.24, 2.45) is 5.92 Å². The van der Waals surface area contributed by atoms with E-state index in [1.807, 2.05) is 6.92 Å². The highest BCUT2D eigenvalue weighted by Crippen LogP contribution is 2.08. The topological polar surface area (TPSA) is 43.6 Å². The molecule has 1 saturated heterocycles. The lowest BCUT2D eigenvalue weighted by atomic mass is 10.1. The van der Waals surface area contributed by atoms with E-state index in [1.54, 1.807) is 0 Å². The van der Waals surface area contributed by atoms with Gasteiger partial charge in [0.2, 0.25) is 0 Å². The second-order valence-electron chi connectivity index (χ2n) is 3.77. The van der Waals surface area contributed by atoms with Crippen LogP contribution in [0.3, 0.4) is 0 Å². The first-order valence-corrected chi connectivity index (χ1v) is 5.19. The Morgan fingerprint density at radius 2 is 2.43 bits per heavy atom. The molecule has 1 aliphatic heterocycles. The second kappa shape index (κ2) is 5.98. The summed E-state index contributed by atoms with van der Waals surface area (Å²) in [4.78, 5) is 13.5. The van der Waals surface area contributed by atoms with Crippen molar-refractivity contribution in [3.8, 4) is 0 Å². The Hall–Kier alpha value is -0.610. The van der Waals surface area contributed by atoms with Gasteiger partial charge < -0.3 is 9.64 Å². The van der Waals surface area contributed by atoms with Crippen LogP contribution in [0, 0.1) is 5.92 Å². The number of hydrogen-bond acceptors (Lipinski definition) is 3. The van der Waals surface area contributed by atoms with Crippen LogP contribution in [-0.4, -0.2) is 50.7 Å². The molecule has 0 saturated carbocycles. The zero-order valence-corrected chi connectivity index (χ0v) is 9.03. The number of nitrogens with zero attached hydrogens (tertiary/aromatic N) is 2. The average molecular weight is 199 g/mol. The molecule has 0 bridgehead atoms. The third-order valence-corrected chi connectivity index (χ3v) is 2.36. The summed E-state index contributed by atoms with van der Waals surface area (Å²) >= 11 is 0. The van der Waals surface area contributed by atoms with Crippen molar-refractivity contribution < 1.29 is 9.53 Å². The van der Waals surface area contributed by atoms with Crippen LogP contribution in [0.4, 0.5) is 0 Å². The number of carbonyl (C=O) groups excluding carboxylic acids is 1. The maximum absolute atomic E-state index is 11.2. The summed E-state index contributed by atoms with van der Waals surface area (Å²) in [5.74, 6) is 0.240. The molecule has 0 aromatic rings. The third-order valence-electron chi connectivity index (χ3n) is 2.36. The Labute approximate surface area is 85.6 Å². The lowest BCUT2D eigenvalue weighted by Crippen LogP contribution is -2.27.